The van der Waals surface area contributed by atoms with Crippen molar-refractivity contribution < 1.29 is 27.5 Å². The van der Waals surface area contributed by atoms with Gasteiger partial charge in [-0.05, 0) is 55.3 Å². The van der Waals surface area contributed by atoms with Crippen molar-refractivity contribution in [1.82, 2.24) is 4.31 Å². The summed E-state index contributed by atoms with van der Waals surface area (Å²) >= 11 is 5.97. The number of amides is 1. The average Bonchev–Trinajstić information content (AvgIpc) is 3.33. The van der Waals surface area contributed by atoms with Gasteiger partial charge in [0.2, 0.25) is 10.0 Å². The van der Waals surface area contributed by atoms with Gasteiger partial charge >= 0.3 is 5.97 Å². The van der Waals surface area contributed by atoms with E-state index in [0.717, 1.165) is 12.8 Å². The van der Waals surface area contributed by atoms with Gasteiger partial charge in [-0.15, -0.1) is 0 Å². The number of halogens is 1. The van der Waals surface area contributed by atoms with Crippen LogP contribution in [-0.2, 0) is 24.3 Å². The summed E-state index contributed by atoms with van der Waals surface area (Å²) in [7, 11) is -3.60. The molecule has 1 amide bonds. The first-order chi connectivity index (χ1) is 15.3. The molecule has 2 aliphatic heterocycles. The van der Waals surface area contributed by atoms with E-state index in [1.165, 1.54) is 16.4 Å². The van der Waals surface area contributed by atoms with Gasteiger partial charge in [0.05, 0.1) is 10.5 Å². The molecule has 4 rings (SSSR count). The van der Waals surface area contributed by atoms with E-state index in [9.17, 15) is 18.0 Å². The van der Waals surface area contributed by atoms with Gasteiger partial charge in [0.15, 0.2) is 6.61 Å². The van der Waals surface area contributed by atoms with Gasteiger partial charge in [-0.25, -0.2) is 13.2 Å². The number of nitrogens with one attached hydrogen (secondary N) is 1. The van der Waals surface area contributed by atoms with E-state index < -0.39 is 28.5 Å². The third-order valence-corrected chi connectivity index (χ3v) is 7.23. The first kappa shape index (κ1) is 22.3. The highest BCUT2D eigenvalue weighted by atomic mass is 35.5. The molecule has 1 saturated heterocycles. The standard InChI is InChI=1S/C22H21ClN2O6S/c23-17-6-7-20-15(11-17)10-16(13-30-20)22(27)31-14-21(26)24-18-4-3-5-19(12-18)32(28,29)25-8-1-2-9-25/h3-7,10-12H,1-2,8-9,13-14H2,(H,24,26). The summed E-state index contributed by atoms with van der Waals surface area (Å²) in [4.78, 5) is 24.7. The molecule has 0 atom stereocenters. The summed E-state index contributed by atoms with van der Waals surface area (Å²) in [5, 5.41) is 3.07. The van der Waals surface area contributed by atoms with Crippen LogP contribution in [0.1, 0.15) is 18.4 Å². The highest BCUT2D eigenvalue weighted by molar-refractivity contribution is 7.89. The minimum Gasteiger partial charge on any atom is -0.488 e. The number of anilines is 1. The SMILES string of the molecule is O=C(COC(=O)C1=Cc2cc(Cl)ccc2OC1)Nc1cccc(S(=O)(=O)N2CCCC2)c1. The molecule has 0 radical (unpaired) electrons. The Bertz CT molecular complexity index is 1190. The number of hydrogen-bond acceptors (Lipinski definition) is 6. The molecule has 0 saturated carbocycles. The molecule has 32 heavy (non-hydrogen) atoms. The second-order valence-electron chi connectivity index (χ2n) is 7.40. The van der Waals surface area contributed by atoms with Crippen LogP contribution in [0.3, 0.4) is 0 Å². The number of benzene rings is 2. The van der Waals surface area contributed by atoms with Crippen LogP contribution in [0.4, 0.5) is 5.69 Å². The molecule has 0 unspecified atom stereocenters. The minimum absolute atomic E-state index is 0.0193. The summed E-state index contributed by atoms with van der Waals surface area (Å²) in [6, 6.07) is 11.1. The first-order valence-electron chi connectivity index (χ1n) is 10.0. The summed E-state index contributed by atoms with van der Waals surface area (Å²) in [5.41, 5.74) is 1.21. The van der Waals surface area contributed by atoms with E-state index in [2.05, 4.69) is 5.32 Å². The summed E-state index contributed by atoms with van der Waals surface area (Å²) in [5.74, 6) is -0.668. The Hall–Kier alpha value is -2.88. The smallest absolute Gasteiger partial charge is 0.338 e. The Balaban J connectivity index is 1.36. The van der Waals surface area contributed by atoms with Crippen molar-refractivity contribution in [2.75, 3.05) is 31.6 Å². The Morgan fingerprint density at radius 1 is 1.12 bits per heavy atom. The second kappa shape index (κ2) is 9.32. The van der Waals surface area contributed by atoms with Gasteiger partial charge in [0.25, 0.3) is 5.91 Å². The third-order valence-electron chi connectivity index (χ3n) is 5.10. The van der Waals surface area contributed by atoms with Gasteiger partial charge in [-0.3, -0.25) is 4.79 Å². The van der Waals surface area contributed by atoms with E-state index in [1.807, 2.05) is 0 Å². The molecule has 1 N–H and O–H groups in total. The lowest BCUT2D eigenvalue weighted by atomic mass is 10.1. The second-order valence-corrected chi connectivity index (χ2v) is 9.78. The molecule has 0 bridgehead atoms. The molecule has 2 aromatic carbocycles. The van der Waals surface area contributed by atoms with Crippen LogP contribution in [0.2, 0.25) is 5.02 Å². The van der Waals surface area contributed by atoms with Gasteiger partial charge in [-0.2, -0.15) is 4.31 Å². The Morgan fingerprint density at radius 3 is 2.69 bits per heavy atom. The highest BCUT2D eigenvalue weighted by Crippen LogP contribution is 2.29. The van der Waals surface area contributed by atoms with Gasteiger partial charge in [-0.1, -0.05) is 17.7 Å². The molecule has 2 aliphatic rings. The molecule has 1 fully saturated rings. The number of carbonyl (C=O) groups is 2. The molecule has 0 aromatic heterocycles. The van der Waals surface area contributed by atoms with Crippen molar-refractivity contribution in [3.05, 3.63) is 58.6 Å². The quantitative estimate of drug-likeness (QED) is 0.643. The zero-order valence-corrected chi connectivity index (χ0v) is 18.6. The maximum atomic E-state index is 12.7. The number of hydrogen-bond donors (Lipinski definition) is 1. The van der Waals surface area contributed by atoms with Crippen molar-refractivity contribution in [3.8, 4) is 5.75 Å². The molecule has 0 spiro atoms. The number of esters is 1. The van der Waals surface area contributed by atoms with Crippen LogP contribution in [0.15, 0.2) is 52.9 Å². The van der Waals surface area contributed by atoms with Crippen LogP contribution in [0.25, 0.3) is 6.08 Å². The van der Waals surface area contributed by atoms with E-state index >= 15 is 0 Å². The zero-order valence-electron chi connectivity index (χ0n) is 17.0. The molecular weight excluding hydrogens is 456 g/mol. The number of fused-ring (bicyclic) bond motifs is 1. The molecule has 10 heteroatoms. The Kier molecular flexibility index (Phi) is 6.50. The van der Waals surface area contributed by atoms with Gasteiger partial charge in [0, 0.05) is 29.4 Å². The topological polar surface area (TPSA) is 102 Å². The van der Waals surface area contributed by atoms with Crippen molar-refractivity contribution >= 4 is 45.3 Å². The van der Waals surface area contributed by atoms with Gasteiger partial charge < -0.3 is 14.8 Å². The fraction of sp³-hybridized carbons (Fsp3) is 0.273. The van der Waals surface area contributed by atoms with E-state index in [0.29, 0.717) is 35.1 Å². The lowest BCUT2D eigenvalue weighted by Crippen LogP contribution is -2.28. The maximum Gasteiger partial charge on any atom is 0.338 e. The Labute approximate surface area is 190 Å². The van der Waals surface area contributed by atoms with Crippen LogP contribution in [0.5, 0.6) is 5.75 Å². The van der Waals surface area contributed by atoms with Crippen molar-refractivity contribution in [2.24, 2.45) is 0 Å². The highest BCUT2D eigenvalue weighted by Gasteiger charge is 2.27. The molecular formula is C22H21ClN2O6S. The van der Waals surface area contributed by atoms with Crippen LogP contribution >= 0.6 is 11.6 Å². The summed E-state index contributed by atoms with van der Waals surface area (Å²) in [6.45, 7) is 0.476. The fourth-order valence-electron chi connectivity index (χ4n) is 3.50. The predicted molar refractivity (Wildman–Crippen MR) is 119 cm³/mol. The fourth-order valence-corrected chi connectivity index (χ4v) is 5.24. The van der Waals surface area contributed by atoms with Gasteiger partial charge in [0.1, 0.15) is 12.4 Å². The first-order valence-corrected chi connectivity index (χ1v) is 11.8. The van der Waals surface area contributed by atoms with Crippen molar-refractivity contribution in [1.29, 1.82) is 0 Å². The molecule has 8 nitrogen and oxygen atoms in total. The molecule has 2 aromatic rings. The lowest BCUT2D eigenvalue weighted by molar-refractivity contribution is -0.143. The predicted octanol–water partition coefficient (Wildman–Crippen LogP) is 3.08. The van der Waals surface area contributed by atoms with E-state index in [4.69, 9.17) is 21.1 Å². The van der Waals surface area contributed by atoms with Crippen LogP contribution in [0, 0.1) is 0 Å². The summed E-state index contributed by atoms with van der Waals surface area (Å²) in [6.07, 6.45) is 3.28. The maximum absolute atomic E-state index is 12.7. The molecule has 0 aliphatic carbocycles. The number of rotatable bonds is 6. The Morgan fingerprint density at radius 2 is 1.91 bits per heavy atom. The zero-order chi connectivity index (χ0) is 22.7. The number of sulfonamides is 1. The van der Waals surface area contributed by atoms with E-state index in [1.54, 1.807) is 36.4 Å². The minimum atomic E-state index is -3.60. The third kappa shape index (κ3) is 4.95. The molecule has 168 valence electrons. The monoisotopic (exact) mass is 476 g/mol. The largest absolute Gasteiger partial charge is 0.488 e. The van der Waals surface area contributed by atoms with E-state index in [-0.39, 0.29) is 17.1 Å². The average molecular weight is 477 g/mol. The van der Waals surface area contributed by atoms with Crippen LogP contribution < -0.4 is 10.1 Å². The summed E-state index contributed by atoms with van der Waals surface area (Å²) < 4.78 is 37.4. The van der Waals surface area contributed by atoms with Crippen LogP contribution in [-0.4, -0.2) is 50.9 Å². The number of ether oxygens (including phenoxy) is 2. The number of carbonyl (C=O) groups excluding carboxylic acids is 2. The van der Waals surface area contributed by atoms with Crippen molar-refractivity contribution in [3.63, 3.8) is 0 Å². The molecule has 2 heterocycles. The lowest BCUT2D eigenvalue weighted by Gasteiger charge is -2.17. The van der Waals surface area contributed by atoms with Crippen molar-refractivity contribution in [2.45, 2.75) is 17.7 Å². The normalized spacial score (nSPS) is 16.0. The number of nitrogens with zero attached hydrogens (tertiary/aromatic N) is 1.